The first kappa shape index (κ1) is 17.4. The van der Waals surface area contributed by atoms with Gasteiger partial charge in [0, 0.05) is 0 Å². The highest BCUT2D eigenvalue weighted by molar-refractivity contribution is 7.89. The van der Waals surface area contributed by atoms with Gasteiger partial charge in [-0.2, -0.15) is 0 Å². The van der Waals surface area contributed by atoms with Crippen LogP contribution in [0.3, 0.4) is 0 Å². The summed E-state index contributed by atoms with van der Waals surface area (Å²) in [7, 11) is -3.75. The van der Waals surface area contributed by atoms with Crippen molar-refractivity contribution in [2.45, 2.75) is 38.1 Å². The molecule has 0 aliphatic heterocycles. The topological polar surface area (TPSA) is 63.2 Å². The summed E-state index contributed by atoms with van der Waals surface area (Å²) in [6, 6.07) is 12.2. The van der Waals surface area contributed by atoms with Gasteiger partial charge in [0.15, 0.2) is 0 Å². The summed E-state index contributed by atoms with van der Waals surface area (Å²) < 4.78 is 27.9. The van der Waals surface area contributed by atoms with Crippen LogP contribution in [0.4, 0.5) is 0 Å². The molecule has 0 aromatic heterocycles. The van der Waals surface area contributed by atoms with Gasteiger partial charge >= 0.3 is 0 Å². The van der Waals surface area contributed by atoms with Gasteiger partial charge < -0.3 is 4.79 Å². The van der Waals surface area contributed by atoms with Gasteiger partial charge in [-0.3, -0.25) is 0 Å². The molecule has 2 rings (SSSR count). The molecule has 2 aromatic rings. The van der Waals surface area contributed by atoms with E-state index in [4.69, 9.17) is 0 Å². The monoisotopic (exact) mass is 331 g/mol. The minimum Gasteiger partial charge on any atom is -0.302 e. The Morgan fingerprint density at radius 1 is 1.04 bits per heavy atom. The molecule has 0 spiro atoms. The van der Waals surface area contributed by atoms with Crippen LogP contribution in [0.2, 0.25) is 0 Å². The second-order valence-corrected chi connectivity index (χ2v) is 7.43. The molecule has 0 amide bonds. The van der Waals surface area contributed by atoms with E-state index in [1.54, 1.807) is 13.8 Å². The molecule has 0 heterocycles. The van der Waals surface area contributed by atoms with E-state index in [1.807, 2.05) is 49.4 Å². The number of carbonyl (C=O) groups excluding carboxylic acids is 1. The Morgan fingerprint density at radius 3 is 2.13 bits per heavy atom. The second-order valence-electron chi connectivity index (χ2n) is 5.78. The molecule has 0 saturated carbocycles. The molecule has 2 aromatic carbocycles. The van der Waals surface area contributed by atoms with Crippen molar-refractivity contribution >= 4 is 16.3 Å². The van der Waals surface area contributed by atoms with Gasteiger partial charge in [0.2, 0.25) is 10.0 Å². The van der Waals surface area contributed by atoms with Gasteiger partial charge in [0.1, 0.15) is 6.29 Å². The molecule has 0 fully saturated rings. The number of carbonyl (C=O) groups is 1. The van der Waals surface area contributed by atoms with Gasteiger partial charge in [0.25, 0.3) is 0 Å². The van der Waals surface area contributed by atoms with Crippen LogP contribution in [0.25, 0.3) is 0 Å². The molecule has 0 radical (unpaired) electrons. The molecular formula is C18H21NO3S. The maximum absolute atomic E-state index is 12.7. The Bertz CT molecular complexity index is 775. The summed E-state index contributed by atoms with van der Waals surface area (Å²) in [6.07, 6.45) is 0.969. The van der Waals surface area contributed by atoms with Crippen LogP contribution in [0, 0.1) is 20.8 Å². The van der Waals surface area contributed by atoms with Crippen molar-refractivity contribution in [3.05, 3.63) is 64.7 Å². The van der Waals surface area contributed by atoms with E-state index in [-0.39, 0.29) is 4.90 Å². The van der Waals surface area contributed by atoms with Crippen LogP contribution >= 0.6 is 0 Å². The van der Waals surface area contributed by atoms with Crippen molar-refractivity contribution in [3.8, 4) is 0 Å². The Kier molecular flexibility index (Phi) is 5.34. The predicted octanol–water partition coefficient (Wildman–Crippen LogP) is 2.70. The van der Waals surface area contributed by atoms with Gasteiger partial charge in [-0.1, -0.05) is 48.0 Å². The number of hydrogen-bond donors (Lipinski definition) is 1. The van der Waals surface area contributed by atoms with Crippen LogP contribution in [-0.2, 0) is 21.2 Å². The summed E-state index contributed by atoms with van der Waals surface area (Å²) in [5.74, 6) is 0. The van der Waals surface area contributed by atoms with Crippen molar-refractivity contribution in [3.63, 3.8) is 0 Å². The molecule has 1 atom stereocenters. The SMILES string of the molecule is Cc1cc(C)c(S(=O)(=O)N[C@H](C=O)Cc2ccccc2)c(C)c1. The first-order chi connectivity index (χ1) is 10.8. The summed E-state index contributed by atoms with van der Waals surface area (Å²) in [6.45, 7) is 5.46. The lowest BCUT2D eigenvalue weighted by Gasteiger charge is -2.17. The van der Waals surface area contributed by atoms with E-state index in [2.05, 4.69) is 4.72 Å². The standard InChI is InChI=1S/C18H21NO3S/c1-13-9-14(2)18(15(3)10-13)23(21,22)19-17(12-20)11-16-7-5-4-6-8-16/h4-10,12,17,19H,11H2,1-3H3/t17-/m0/s1. The van der Waals surface area contributed by atoms with E-state index in [1.165, 1.54) is 0 Å². The number of hydrogen-bond acceptors (Lipinski definition) is 3. The number of rotatable bonds is 6. The third-order valence-corrected chi connectivity index (χ3v) is 5.44. The first-order valence-electron chi connectivity index (χ1n) is 7.43. The van der Waals surface area contributed by atoms with Gasteiger partial charge in [0.05, 0.1) is 10.9 Å². The predicted molar refractivity (Wildman–Crippen MR) is 91.0 cm³/mol. The minimum absolute atomic E-state index is 0.253. The quantitative estimate of drug-likeness (QED) is 0.828. The minimum atomic E-state index is -3.75. The van der Waals surface area contributed by atoms with E-state index in [0.29, 0.717) is 23.8 Å². The zero-order chi connectivity index (χ0) is 17.0. The average Bonchev–Trinajstić information content (AvgIpc) is 2.45. The average molecular weight is 331 g/mol. The van der Waals surface area contributed by atoms with E-state index in [9.17, 15) is 13.2 Å². The maximum atomic E-state index is 12.7. The van der Waals surface area contributed by atoms with Crippen molar-refractivity contribution in [2.24, 2.45) is 0 Å². The zero-order valence-electron chi connectivity index (χ0n) is 13.5. The molecule has 0 bridgehead atoms. The summed E-state index contributed by atoms with van der Waals surface area (Å²) in [5, 5.41) is 0. The number of aryl methyl sites for hydroxylation is 3. The summed E-state index contributed by atoms with van der Waals surface area (Å²) >= 11 is 0. The van der Waals surface area contributed by atoms with Crippen LogP contribution in [0.5, 0.6) is 0 Å². The fourth-order valence-corrected chi connectivity index (χ4v) is 4.46. The summed E-state index contributed by atoms with van der Waals surface area (Å²) in [5.41, 5.74) is 3.28. The molecule has 5 heteroatoms. The molecule has 122 valence electrons. The van der Waals surface area contributed by atoms with Gasteiger partial charge in [-0.05, 0) is 43.9 Å². The third-order valence-electron chi connectivity index (χ3n) is 3.64. The van der Waals surface area contributed by atoms with Gasteiger partial charge in [-0.25, -0.2) is 13.1 Å². The number of benzene rings is 2. The number of nitrogens with one attached hydrogen (secondary N) is 1. The number of sulfonamides is 1. The van der Waals surface area contributed by atoms with Crippen LogP contribution in [0.15, 0.2) is 47.4 Å². The van der Waals surface area contributed by atoms with Crippen LogP contribution < -0.4 is 4.72 Å². The van der Waals surface area contributed by atoms with Crippen LogP contribution in [0.1, 0.15) is 22.3 Å². The highest BCUT2D eigenvalue weighted by Gasteiger charge is 2.23. The molecule has 4 nitrogen and oxygen atoms in total. The zero-order valence-corrected chi connectivity index (χ0v) is 14.4. The second kappa shape index (κ2) is 7.06. The Hall–Kier alpha value is -1.98. The molecule has 1 N–H and O–H groups in total. The smallest absolute Gasteiger partial charge is 0.241 e. The van der Waals surface area contributed by atoms with Crippen LogP contribution in [-0.4, -0.2) is 20.7 Å². The van der Waals surface area contributed by atoms with E-state index in [0.717, 1.165) is 11.1 Å². The molecule has 0 aliphatic carbocycles. The molecular weight excluding hydrogens is 310 g/mol. The Labute approximate surface area is 137 Å². The molecule has 0 saturated heterocycles. The van der Waals surface area contributed by atoms with Crippen molar-refractivity contribution in [1.29, 1.82) is 0 Å². The number of aldehydes is 1. The van der Waals surface area contributed by atoms with E-state index < -0.39 is 16.1 Å². The lowest BCUT2D eigenvalue weighted by atomic mass is 10.1. The largest absolute Gasteiger partial charge is 0.302 e. The van der Waals surface area contributed by atoms with Crippen molar-refractivity contribution in [2.75, 3.05) is 0 Å². The lowest BCUT2D eigenvalue weighted by Crippen LogP contribution is -2.38. The fraction of sp³-hybridized carbons (Fsp3) is 0.278. The van der Waals surface area contributed by atoms with Gasteiger partial charge in [-0.15, -0.1) is 0 Å². The third kappa shape index (κ3) is 4.27. The maximum Gasteiger partial charge on any atom is 0.241 e. The lowest BCUT2D eigenvalue weighted by molar-refractivity contribution is -0.109. The molecule has 0 aliphatic rings. The van der Waals surface area contributed by atoms with Crippen molar-refractivity contribution in [1.82, 2.24) is 4.72 Å². The normalized spacial score (nSPS) is 12.8. The highest BCUT2D eigenvalue weighted by atomic mass is 32.2. The Morgan fingerprint density at radius 2 is 1.61 bits per heavy atom. The highest BCUT2D eigenvalue weighted by Crippen LogP contribution is 2.22. The first-order valence-corrected chi connectivity index (χ1v) is 8.91. The molecule has 23 heavy (non-hydrogen) atoms. The van der Waals surface area contributed by atoms with Crippen molar-refractivity contribution < 1.29 is 13.2 Å². The van der Waals surface area contributed by atoms with E-state index >= 15 is 0 Å². The summed E-state index contributed by atoms with van der Waals surface area (Å²) in [4.78, 5) is 11.6. The molecule has 0 unspecified atom stereocenters. The Balaban J connectivity index is 2.28. The fourth-order valence-electron chi connectivity index (χ4n) is 2.83.